The molecule has 0 amide bonds. The summed E-state index contributed by atoms with van der Waals surface area (Å²) in [5.41, 5.74) is 0.957. The average molecular weight is 576 g/mol. The van der Waals surface area contributed by atoms with Crippen LogP contribution in [-0.2, 0) is 20.1 Å². The number of aryl methyl sites for hydroxylation is 2. The molecule has 11 heteroatoms. The Balaban J connectivity index is 1.66. The molecule has 3 aromatic heterocycles. The Morgan fingerprint density at radius 2 is 1.76 bits per heavy atom. The van der Waals surface area contributed by atoms with Gasteiger partial charge in [-0.15, -0.1) is 5.10 Å². The topological polar surface area (TPSA) is 117 Å². The van der Waals surface area contributed by atoms with Crippen LogP contribution in [0.25, 0.3) is 22.7 Å². The fourth-order valence-electron chi connectivity index (χ4n) is 3.73. The Morgan fingerprint density at radius 1 is 1.09 bits per heavy atom. The van der Waals surface area contributed by atoms with E-state index in [1.807, 2.05) is 26.0 Å². The van der Waals surface area contributed by atoms with E-state index in [2.05, 4.69) is 37.7 Å². The van der Waals surface area contributed by atoms with Crippen LogP contribution in [-0.4, -0.2) is 41.3 Å². The van der Waals surface area contributed by atoms with Gasteiger partial charge in [0.2, 0.25) is 5.88 Å². The third kappa shape index (κ3) is 4.56. The molecule has 0 saturated heterocycles. The summed E-state index contributed by atoms with van der Waals surface area (Å²) >= 11 is 2.18. The standard InChI is InChI=1S/C23H25IN6O4/c1-4-10-29-21-19(22(32)30(11-5-2)23(29)33)25-20(26-21)16-12-18(27-28(16)3)34-13-17(31)14-6-8-15(24)9-7-14/h6-9,12H,4-5,10-11,13H2,1-3H3,(H,25,26). The first-order chi connectivity index (χ1) is 16.3. The molecule has 4 rings (SSSR count). The second-order valence-corrected chi connectivity index (χ2v) is 9.13. The summed E-state index contributed by atoms with van der Waals surface area (Å²) in [6, 6.07) is 8.88. The summed E-state index contributed by atoms with van der Waals surface area (Å²) in [7, 11) is 1.71. The van der Waals surface area contributed by atoms with Gasteiger partial charge in [-0.05, 0) is 47.6 Å². The molecule has 0 radical (unpaired) electrons. The van der Waals surface area contributed by atoms with Crippen molar-refractivity contribution >= 4 is 39.5 Å². The maximum atomic E-state index is 13.0. The van der Waals surface area contributed by atoms with Gasteiger partial charge in [0.15, 0.2) is 23.9 Å². The number of aromatic amines is 1. The number of imidazole rings is 1. The van der Waals surface area contributed by atoms with Gasteiger partial charge >= 0.3 is 5.69 Å². The Labute approximate surface area is 208 Å². The zero-order valence-corrected chi connectivity index (χ0v) is 21.3. The van der Waals surface area contributed by atoms with Crippen molar-refractivity contribution in [2.75, 3.05) is 6.61 Å². The lowest BCUT2D eigenvalue weighted by molar-refractivity contribution is 0.0917. The van der Waals surface area contributed by atoms with Crippen LogP contribution in [0.5, 0.6) is 5.88 Å². The molecule has 0 aliphatic heterocycles. The number of nitrogens with one attached hydrogen (secondary N) is 1. The van der Waals surface area contributed by atoms with Crippen LogP contribution in [0.2, 0.25) is 0 Å². The normalized spacial score (nSPS) is 11.3. The van der Waals surface area contributed by atoms with Gasteiger partial charge in [0, 0.05) is 35.3 Å². The van der Waals surface area contributed by atoms with E-state index in [1.54, 1.807) is 29.9 Å². The van der Waals surface area contributed by atoms with Gasteiger partial charge < -0.3 is 9.72 Å². The van der Waals surface area contributed by atoms with Crippen molar-refractivity contribution in [2.24, 2.45) is 7.05 Å². The van der Waals surface area contributed by atoms with Gasteiger partial charge in [-0.2, -0.15) is 0 Å². The first kappa shape index (κ1) is 23.9. The number of hydrogen-bond acceptors (Lipinski definition) is 6. The predicted octanol–water partition coefficient (Wildman–Crippen LogP) is 2.97. The van der Waals surface area contributed by atoms with Crippen LogP contribution in [0, 0.1) is 3.57 Å². The van der Waals surface area contributed by atoms with E-state index in [4.69, 9.17) is 4.74 Å². The summed E-state index contributed by atoms with van der Waals surface area (Å²) in [5, 5.41) is 4.31. The van der Waals surface area contributed by atoms with Crippen LogP contribution in [0.1, 0.15) is 37.0 Å². The lowest BCUT2D eigenvalue weighted by atomic mass is 10.1. The molecule has 0 aliphatic rings. The highest BCUT2D eigenvalue weighted by Gasteiger charge is 2.20. The molecule has 0 atom stereocenters. The molecule has 1 aromatic carbocycles. The number of hydrogen-bond donors (Lipinski definition) is 1. The first-order valence-electron chi connectivity index (χ1n) is 11.0. The number of fused-ring (bicyclic) bond motifs is 1. The van der Waals surface area contributed by atoms with Gasteiger partial charge in [0.25, 0.3) is 5.56 Å². The average Bonchev–Trinajstić information content (AvgIpc) is 3.42. The second kappa shape index (κ2) is 9.95. The largest absolute Gasteiger partial charge is 0.468 e. The minimum atomic E-state index is -0.394. The Hall–Kier alpha value is -3.22. The van der Waals surface area contributed by atoms with Crippen LogP contribution in [0.3, 0.4) is 0 Å². The van der Waals surface area contributed by atoms with Crippen LogP contribution in [0.4, 0.5) is 0 Å². The molecule has 1 N–H and O–H groups in total. The van der Waals surface area contributed by atoms with E-state index in [9.17, 15) is 14.4 Å². The van der Waals surface area contributed by atoms with Gasteiger partial charge in [-0.1, -0.05) is 26.0 Å². The molecule has 34 heavy (non-hydrogen) atoms. The number of aromatic nitrogens is 6. The fourth-order valence-corrected chi connectivity index (χ4v) is 4.09. The number of H-pyrrole nitrogens is 1. The molecule has 0 saturated carbocycles. The molecule has 178 valence electrons. The highest BCUT2D eigenvalue weighted by atomic mass is 127. The maximum Gasteiger partial charge on any atom is 0.332 e. The molecule has 0 unspecified atom stereocenters. The van der Waals surface area contributed by atoms with Gasteiger partial charge in [0.05, 0.1) is 0 Å². The van der Waals surface area contributed by atoms with Gasteiger partial charge in [0.1, 0.15) is 11.2 Å². The molecule has 0 spiro atoms. The van der Waals surface area contributed by atoms with E-state index in [1.165, 1.54) is 9.13 Å². The van der Waals surface area contributed by atoms with Crippen molar-refractivity contribution in [1.29, 1.82) is 0 Å². The van der Waals surface area contributed by atoms with Crippen molar-refractivity contribution in [3.05, 3.63) is 60.3 Å². The minimum absolute atomic E-state index is 0.158. The third-order valence-corrected chi connectivity index (χ3v) is 6.09. The van der Waals surface area contributed by atoms with Crippen molar-refractivity contribution in [1.82, 2.24) is 28.9 Å². The van der Waals surface area contributed by atoms with E-state index in [-0.39, 0.29) is 29.5 Å². The molecule has 10 nitrogen and oxygen atoms in total. The van der Waals surface area contributed by atoms with E-state index in [0.717, 1.165) is 9.99 Å². The summed E-state index contributed by atoms with van der Waals surface area (Å²) in [5.74, 6) is 0.484. The number of Topliss-reactive ketones (excluding diaryl/α,β-unsaturated/α-hetero) is 1. The number of nitrogens with zero attached hydrogens (tertiary/aromatic N) is 5. The van der Waals surface area contributed by atoms with Crippen LogP contribution < -0.4 is 16.0 Å². The predicted molar refractivity (Wildman–Crippen MR) is 136 cm³/mol. The number of rotatable bonds is 9. The zero-order chi connectivity index (χ0) is 24.4. The molecule has 3 heterocycles. The lowest BCUT2D eigenvalue weighted by Crippen LogP contribution is -2.40. The summed E-state index contributed by atoms with van der Waals surface area (Å²) in [6.07, 6.45) is 1.39. The van der Waals surface area contributed by atoms with E-state index >= 15 is 0 Å². The highest BCUT2D eigenvalue weighted by molar-refractivity contribution is 14.1. The molecule has 4 aromatic rings. The van der Waals surface area contributed by atoms with Crippen molar-refractivity contribution < 1.29 is 9.53 Å². The lowest BCUT2D eigenvalue weighted by Gasteiger charge is -2.09. The number of carbonyl (C=O) groups is 1. The number of ether oxygens (including phenoxy) is 1. The minimum Gasteiger partial charge on any atom is -0.468 e. The fraction of sp³-hybridized carbons (Fsp3) is 0.348. The molecular formula is C23H25IN6O4. The SMILES string of the molecule is CCCn1c(=O)c2[nH]c(-c3cc(OCC(=O)c4ccc(I)cc4)nn3C)nc2n(CCC)c1=O. The number of halogens is 1. The monoisotopic (exact) mass is 576 g/mol. The molecule has 0 aliphatic carbocycles. The van der Waals surface area contributed by atoms with Crippen molar-refractivity contribution in [3.8, 4) is 17.4 Å². The summed E-state index contributed by atoms with van der Waals surface area (Å²) < 4.78 is 11.0. The quantitative estimate of drug-likeness (QED) is 0.242. The molecular weight excluding hydrogens is 551 g/mol. The smallest absolute Gasteiger partial charge is 0.332 e. The third-order valence-electron chi connectivity index (χ3n) is 5.37. The Bertz CT molecular complexity index is 1460. The number of benzene rings is 1. The second-order valence-electron chi connectivity index (χ2n) is 7.89. The van der Waals surface area contributed by atoms with Crippen molar-refractivity contribution in [3.63, 3.8) is 0 Å². The Morgan fingerprint density at radius 3 is 2.44 bits per heavy atom. The summed E-state index contributed by atoms with van der Waals surface area (Å²) in [6.45, 7) is 4.51. The van der Waals surface area contributed by atoms with E-state index in [0.29, 0.717) is 42.2 Å². The van der Waals surface area contributed by atoms with Gasteiger partial charge in [-0.25, -0.2) is 9.78 Å². The maximum absolute atomic E-state index is 13.0. The zero-order valence-electron chi connectivity index (χ0n) is 19.2. The van der Waals surface area contributed by atoms with Crippen molar-refractivity contribution in [2.45, 2.75) is 39.8 Å². The van der Waals surface area contributed by atoms with Crippen LogP contribution >= 0.6 is 22.6 Å². The molecule has 0 bridgehead atoms. The Kier molecular flexibility index (Phi) is 7.00. The van der Waals surface area contributed by atoms with E-state index < -0.39 is 5.56 Å². The summed E-state index contributed by atoms with van der Waals surface area (Å²) in [4.78, 5) is 45.9. The number of carbonyl (C=O) groups excluding carboxylic acids is 1. The molecule has 0 fully saturated rings. The first-order valence-corrected chi connectivity index (χ1v) is 12.1. The van der Waals surface area contributed by atoms with Gasteiger partial charge in [-0.3, -0.25) is 23.4 Å². The highest BCUT2D eigenvalue weighted by Crippen LogP contribution is 2.22. The number of ketones is 1. The van der Waals surface area contributed by atoms with Crippen LogP contribution in [0.15, 0.2) is 39.9 Å².